The fraction of sp³-hybridized carbons (Fsp3) is 0.500. The minimum atomic E-state index is 0.00339. The Kier molecular flexibility index (Phi) is 5.25. The topological polar surface area (TPSA) is 43.7 Å². The molecular formula is C12H18BrNO2. The molecule has 0 atom stereocenters. The molecular weight excluding hydrogens is 270 g/mol. The highest BCUT2D eigenvalue weighted by Gasteiger charge is 2.13. The second-order valence-electron chi connectivity index (χ2n) is 3.94. The zero-order valence-corrected chi connectivity index (χ0v) is 11.2. The number of aliphatic hydroxyl groups is 2. The first-order valence-corrected chi connectivity index (χ1v) is 6.16. The minimum absolute atomic E-state index is 0.00339. The summed E-state index contributed by atoms with van der Waals surface area (Å²) in [6, 6.07) is 6.10. The van der Waals surface area contributed by atoms with Crippen LogP contribution in [-0.4, -0.2) is 29.4 Å². The van der Waals surface area contributed by atoms with Crippen LogP contribution in [0, 0.1) is 0 Å². The van der Waals surface area contributed by atoms with Crippen molar-refractivity contribution < 1.29 is 10.2 Å². The zero-order chi connectivity index (χ0) is 12.1. The van der Waals surface area contributed by atoms with E-state index in [0.29, 0.717) is 12.6 Å². The molecule has 0 aliphatic rings. The van der Waals surface area contributed by atoms with E-state index in [-0.39, 0.29) is 13.2 Å². The molecule has 0 aromatic heterocycles. The van der Waals surface area contributed by atoms with E-state index in [1.54, 1.807) is 0 Å². The summed E-state index contributed by atoms with van der Waals surface area (Å²) in [5.74, 6) is 0. The van der Waals surface area contributed by atoms with Crippen LogP contribution in [0.15, 0.2) is 22.7 Å². The number of hydrogen-bond acceptors (Lipinski definition) is 3. The van der Waals surface area contributed by atoms with Gasteiger partial charge in [-0.2, -0.15) is 0 Å². The Morgan fingerprint density at radius 2 is 2.00 bits per heavy atom. The zero-order valence-electron chi connectivity index (χ0n) is 9.65. The Balaban J connectivity index is 3.07. The van der Waals surface area contributed by atoms with Gasteiger partial charge in [0.25, 0.3) is 0 Å². The molecule has 2 N–H and O–H groups in total. The number of rotatable bonds is 5. The summed E-state index contributed by atoms with van der Waals surface area (Å²) in [6.07, 6.45) is 0. The Morgan fingerprint density at radius 1 is 1.31 bits per heavy atom. The van der Waals surface area contributed by atoms with Crippen LogP contribution < -0.4 is 4.90 Å². The van der Waals surface area contributed by atoms with E-state index in [1.807, 2.05) is 18.2 Å². The monoisotopic (exact) mass is 287 g/mol. The van der Waals surface area contributed by atoms with E-state index in [0.717, 1.165) is 15.7 Å². The molecule has 16 heavy (non-hydrogen) atoms. The number of nitrogens with zero attached hydrogens (tertiary/aromatic N) is 1. The van der Waals surface area contributed by atoms with Crippen LogP contribution in [0.1, 0.15) is 19.4 Å². The Labute approximate surface area is 105 Å². The largest absolute Gasteiger partial charge is 0.395 e. The summed E-state index contributed by atoms with van der Waals surface area (Å²) in [5.41, 5.74) is 1.85. The molecule has 0 amide bonds. The van der Waals surface area contributed by atoms with Crippen molar-refractivity contribution in [1.29, 1.82) is 0 Å². The molecule has 1 aromatic rings. The molecule has 0 radical (unpaired) electrons. The van der Waals surface area contributed by atoms with Crippen LogP contribution in [0.4, 0.5) is 5.69 Å². The highest BCUT2D eigenvalue weighted by Crippen LogP contribution is 2.26. The molecule has 0 bridgehead atoms. The van der Waals surface area contributed by atoms with Gasteiger partial charge >= 0.3 is 0 Å². The molecule has 0 aliphatic heterocycles. The van der Waals surface area contributed by atoms with Crippen molar-refractivity contribution in [3.63, 3.8) is 0 Å². The van der Waals surface area contributed by atoms with Crippen molar-refractivity contribution in [3.05, 3.63) is 28.2 Å². The minimum Gasteiger partial charge on any atom is -0.395 e. The molecule has 4 heteroatoms. The van der Waals surface area contributed by atoms with Crippen molar-refractivity contribution in [2.24, 2.45) is 0 Å². The number of hydrogen-bond donors (Lipinski definition) is 2. The van der Waals surface area contributed by atoms with Crippen molar-refractivity contribution in [1.82, 2.24) is 0 Å². The van der Waals surface area contributed by atoms with Gasteiger partial charge < -0.3 is 15.1 Å². The SMILES string of the molecule is CC(C)N(CCO)c1ccc(Br)cc1CO. The number of halogens is 1. The van der Waals surface area contributed by atoms with Gasteiger partial charge in [-0.1, -0.05) is 15.9 Å². The summed E-state index contributed by atoms with van der Waals surface area (Å²) in [7, 11) is 0. The second kappa shape index (κ2) is 6.23. The van der Waals surface area contributed by atoms with Gasteiger partial charge in [0.15, 0.2) is 0 Å². The van der Waals surface area contributed by atoms with Crippen molar-refractivity contribution in [2.75, 3.05) is 18.1 Å². The molecule has 0 unspecified atom stereocenters. The third kappa shape index (κ3) is 3.20. The summed E-state index contributed by atoms with van der Waals surface area (Å²) >= 11 is 3.38. The highest BCUT2D eigenvalue weighted by molar-refractivity contribution is 9.10. The smallest absolute Gasteiger partial charge is 0.0702 e. The Hall–Kier alpha value is -0.580. The van der Waals surface area contributed by atoms with E-state index in [9.17, 15) is 5.11 Å². The number of aliphatic hydroxyl groups excluding tert-OH is 2. The highest BCUT2D eigenvalue weighted by atomic mass is 79.9. The van der Waals surface area contributed by atoms with Gasteiger partial charge in [0.1, 0.15) is 0 Å². The van der Waals surface area contributed by atoms with Crippen LogP contribution in [-0.2, 0) is 6.61 Å². The fourth-order valence-corrected chi connectivity index (χ4v) is 2.13. The van der Waals surface area contributed by atoms with Crippen LogP contribution >= 0.6 is 15.9 Å². The average molecular weight is 288 g/mol. The molecule has 3 nitrogen and oxygen atoms in total. The molecule has 0 heterocycles. The first-order chi connectivity index (χ1) is 7.60. The van der Waals surface area contributed by atoms with Crippen LogP contribution in [0.2, 0.25) is 0 Å². The molecule has 0 saturated heterocycles. The lowest BCUT2D eigenvalue weighted by Gasteiger charge is -2.30. The fourth-order valence-electron chi connectivity index (χ4n) is 1.73. The first kappa shape index (κ1) is 13.5. The second-order valence-corrected chi connectivity index (χ2v) is 4.86. The number of benzene rings is 1. The van der Waals surface area contributed by atoms with Crippen molar-refractivity contribution >= 4 is 21.6 Å². The summed E-state index contributed by atoms with van der Waals surface area (Å²) in [5, 5.41) is 18.4. The maximum atomic E-state index is 9.33. The predicted molar refractivity (Wildman–Crippen MR) is 69.6 cm³/mol. The van der Waals surface area contributed by atoms with Gasteiger partial charge in [0.05, 0.1) is 13.2 Å². The molecule has 90 valence electrons. The molecule has 0 saturated carbocycles. The van der Waals surface area contributed by atoms with E-state index < -0.39 is 0 Å². The molecule has 1 aromatic carbocycles. The number of anilines is 1. The predicted octanol–water partition coefficient (Wildman–Crippen LogP) is 2.15. The Bertz CT molecular complexity index is 342. The van der Waals surface area contributed by atoms with E-state index >= 15 is 0 Å². The van der Waals surface area contributed by atoms with Gasteiger partial charge in [-0.25, -0.2) is 0 Å². The maximum absolute atomic E-state index is 9.33. The molecule has 0 spiro atoms. The van der Waals surface area contributed by atoms with E-state index in [1.165, 1.54) is 0 Å². The third-order valence-electron chi connectivity index (χ3n) is 2.49. The lowest BCUT2D eigenvalue weighted by molar-refractivity contribution is 0.280. The van der Waals surface area contributed by atoms with Gasteiger partial charge in [-0.15, -0.1) is 0 Å². The lowest BCUT2D eigenvalue weighted by Crippen LogP contribution is -2.34. The summed E-state index contributed by atoms with van der Waals surface area (Å²) < 4.78 is 0.952. The molecule has 0 aliphatic carbocycles. The van der Waals surface area contributed by atoms with Crippen LogP contribution in [0.25, 0.3) is 0 Å². The third-order valence-corrected chi connectivity index (χ3v) is 2.98. The normalized spacial score (nSPS) is 10.9. The average Bonchev–Trinajstić information content (AvgIpc) is 2.26. The summed E-state index contributed by atoms with van der Waals surface area (Å²) in [4.78, 5) is 2.08. The van der Waals surface area contributed by atoms with E-state index in [2.05, 4.69) is 34.7 Å². The summed E-state index contributed by atoms with van der Waals surface area (Å²) in [6.45, 7) is 4.83. The maximum Gasteiger partial charge on any atom is 0.0702 e. The Morgan fingerprint density at radius 3 is 2.50 bits per heavy atom. The molecule has 0 fully saturated rings. The van der Waals surface area contributed by atoms with Crippen LogP contribution in [0.3, 0.4) is 0 Å². The van der Waals surface area contributed by atoms with Gasteiger partial charge in [0, 0.05) is 28.3 Å². The van der Waals surface area contributed by atoms with Gasteiger partial charge in [0.2, 0.25) is 0 Å². The standard InChI is InChI=1S/C12H18BrNO2/c1-9(2)14(5-6-15)12-4-3-11(13)7-10(12)8-16/h3-4,7,9,15-16H,5-6,8H2,1-2H3. The molecule has 1 rings (SSSR count). The lowest BCUT2D eigenvalue weighted by atomic mass is 10.1. The van der Waals surface area contributed by atoms with Crippen molar-refractivity contribution in [3.8, 4) is 0 Å². The van der Waals surface area contributed by atoms with E-state index in [4.69, 9.17) is 5.11 Å². The van der Waals surface area contributed by atoms with Crippen LogP contribution in [0.5, 0.6) is 0 Å². The van der Waals surface area contributed by atoms with Gasteiger partial charge in [-0.05, 0) is 32.0 Å². The van der Waals surface area contributed by atoms with Crippen molar-refractivity contribution in [2.45, 2.75) is 26.5 Å². The van der Waals surface area contributed by atoms with Gasteiger partial charge in [-0.3, -0.25) is 0 Å². The quantitative estimate of drug-likeness (QED) is 0.872. The first-order valence-electron chi connectivity index (χ1n) is 5.37.